The average molecular weight is 336 g/mol. The predicted octanol–water partition coefficient (Wildman–Crippen LogP) is 6.66. The van der Waals surface area contributed by atoms with E-state index in [4.69, 9.17) is 4.52 Å². The zero-order chi connectivity index (χ0) is 17.5. The molecule has 2 rings (SSSR count). The molecule has 1 atom stereocenters. The second-order valence-electron chi connectivity index (χ2n) is 5.83. The highest BCUT2D eigenvalue weighted by Gasteiger charge is 2.05. The molecular formula is C22H25OP. The molecular weight excluding hydrogens is 311 g/mol. The minimum atomic E-state index is 0.460. The van der Waals surface area contributed by atoms with E-state index in [0.29, 0.717) is 8.81 Å². The molecule has 0 aliphatic carbocycles. The van der Waals surface area contributed by atoms with E-state index in [1.165, 1.54) is 11.1 Å². The van der Waals surface area contributed by atoms with E-state index in [1.54, 1.807) is 0 Å². The van der Waals surface area contributed by atoms with Crippen LogP contribution in [0.15, 0.2) is 72.8 Å². The molecule has 1 unspecified atom stereocenters. The van der Waals surface area contributed by atoms with Gasteiger partial charge in [-0.2, -0.15) is 0 Å². The van der Waals surface area contributed by atoms with Crippen molar-refractivity contribution in [2.45, 2.75) is 20.8 Å². The lowest BCUT2D eigenvalue weighted by atomic mass is 9.98. The highest BCUT2D eigenvalue weighted by molar-refractivity contribution is 7.31. The number of aryl methyl sites for hydroxylation is 1. The molecule has 2 aromatic rings. The number of benzene rings is 2. The first-order valence-corrected chi connectivity index (χ1v) is 9.48. The molecule has 24 heavy (non-hydrogen) atoms. The molecule has 1 nitrogen and oxygen atoms in total. The van der Waals surface area contributed by atoms with Crippen molar-refractivity contribution in [3.63, 3.8) is 0 Å². The minimum Gasteiger partial charge on any atom is -0.477 e. The van der Waals surface area contributed by atoms with Gasteiger partial charge in [-0.3, -0.25) is 0 Å². The number of hydrogen-bond acceptors (Lipinski definition) is 1. The van der Waals surface area contributed by atoms with Crippen molar-refractivity contribution in [1.82, 2.24) is 0 Å². The van der Waals surface area contributed by atoms with Gasteiger partial charge in [-0.25, -0.2) is 0 Å². The van der Waals surface area contributed by atoms with Crippen LogP contribution in [0.4, 0.5) is 0 Å². The Morgan fingerprint density at radius 1 is 1.00 bits per heavy atom. The molecule has 0 aliphatic heterocycles. The summed E-state index contributed by atoms with van der Waals surface area (Å²) in [5.41, 5.74) is 6.97. The summed E-state index contributed by atoms with van der Waals surface area (Å²) in [6.07, 6.45) is 4.29. The number of allylic oxidation sites excluding steroid dienone is 5. The van der Waals surface area contributed by atoms with Gasteiger partial charge in [0.1, 0.15) is 5.75 Å². The van der Waals surface area contributed by atoms with Gasteiger partial charge in [-0.15, -0.1) is 0 Å². The molecule has 0 aromatic heterocycles. The lowest BCUT2D eigenvalue weighted by molar-refractivity contribution is 0.629. The van der Waals surface area contributed by atoms with Gasteiger partial charge in [0, 0.05) is 0 Å². The fourth-order valence-corrected chi connectivity index (χ4v) is 2.89. The highest BCUT2D eigenvalue weighted by Crippen LogP contribution is 2.29. The second-order valence-corrected chi connectivity index (χ2v) is 6.44. The largest absolute Gasteiger partial charge is 0.477 e. The Bertz CT molecular complexity index is 770. The van der Waals surface area contributed by atoms with Crippen LogP contribution in [0.1, 0.15) is 30.5 Å². The van der Waals surface area contributed by atoms with Crippen LogP contribution in [0.2, 0.25) is 0 Å². The van der Waals surface area contributed by atoms with Gasteiger partial charge in [0.15, 0.2) is 0 Å². The van der Waals surface area contributed by atoms with Crippen LogP contribution < -0.4 is 4.52 Å². The van der Waals surface area contributed by atoms with Gasteiger partial charge in [-0.05, 0) is 73.0 Å². The van der Waals surface area contributed by atoms with Crippen molar-refractivity contribution in [2.75, 3.05) is 6.66 Å². The van der Waals surface area contributed by atoms with Crippen LogP contribution >= 0.6 is 8.81 Å². The molecule has 124 valence electrons. The van der Waals surface area contributed by atoms with Crippen LogP contribution in [-0.2, 0) is 0 Å². The fourth-order valence-electron chi connectivity index (χ4n) is 2.44. The maximum absolute atomic E-state index is 5.63. The maximum atomic E-state index is 5.63. The first-order chi connectivity index (χ1) is 11.5. The number of hydrogen-bond donors (Lipinski definition) is 0. The van der Waals surface area contributed by atoms with Crippen molar-refractivity contribution in [2.24, 2.45) is 0 Å². The Morgan fingerprint density at radius 2 is 1.71 bits per heavy atom. The summed E-state index contributed by atoms with van der Waals surface area (Å²) in [6, 6.07) is 16.7. The van der Waals surface area contributed by atoms with Crippen molar-refractivity contribution >= 4 is 20.0 Å². The molecule has 2 aromatic carbocycles. The normalized spacial score (nSPS) is 12.7. The molecule has 0 radical (unpaired) electrons. The van der Waals surface area contributed by atoms with Gasteiger partial charge in [0.25, 0.3) is 0 Å². The van der Waals surface area contributed by atoms with E-state index in [2.05, 4.69) is 75.9 Å². The van der Waals surface area contributed by atoms with Crippen LogP contribution in [0.25, 0.3) is 11.1 Å². The molecule has 0 heterocycles. The van der Waals surface area contributed by atoms with Crippen LogP contribution in [0.5, 0.6) is 5.75 Å². The molecule has 2 heteroatoms. The molecule has 0 aliphatic rings. The Kier molecular flexibility index (Phi) is 6.58. The molecule has 0 N–H and O–H groups in total. The van der Waals surface area contributed by atoms with E-state index in [0.717, 1.165) is 28.0 Å². The lowest BCUT2D eigenvalue weighted by Gasteiger charge is -2.11. The third-order valence-corrected chi connectivity index (χ3v) is 4.45. The number of rotatable bonds is 6. The van der Waals surface area contributed by atoms with Crippen molar-refractivity contribution in [1.29, 1.82) is 0 Å². The molecule has 0 spiro atoms. The van der Waals surface area contributed by atoms with Crippen LogP contribution in [0.3, 0.4) is 0 Å². The van der Waals surface area contributed by atoms with E-state index in [9.17, 15) is 0 Å². The molecule has 0 saturated heterocycles. The Balaban J connectivity index is 2.18. The first-order valence-electron chi connectivity index (χ1n) is 8.07. The summed E-state index contributed by atoms with van der Waals surface area (Å²) in [5, 5.41) is 0. The Morgan fingerprint density at radius 3 is 2.33 bits per heavy atom. The van der Waals surface area contributed by atoms with Crippen molar-refractivity contribution in [3.8, 4) is 5.75 Å². The Hall–Kier alpha value is -2.11. The standard InChI is InChI=1S/C22H25OP/c1-16(11-12-17(2)20-9-7-6-8-10-20)19(4)21-13-14-22(23-24-5)18(3)15-21/h6-15,24H,4H2,1-3,5H3/b16-11+,17-12+. The molecule has 0 fully saturated rings. The smallest absolute Gasteiger partial charge is 0.125 e. The second kappa shape index (κ2) is 8.66. The predicted molar refractivity (Wildman–Crippen MR) is 109 cm³/mol. The quantitative estimate of drug-likeness (QED) is 0.423. The lowest BCUT2D eigenvalue weighted by Crippen LogP contribution is -1.89. The summed E-state index contributed by atoms with van der Waals surface area (Å²) >= 11 is 0. The zero-order valence-electron chi connectivity index (χ0n) is 14.9. The van der Waals surface area contributed by atoms with Crippen LogP contribution in [-0.4, -0.2) is 6.66 Å². The van der Waals surface area contributed by atoms with Gasteiger partial charge in [0.2, 0.25) is 0 Å². The fraction of sp³-hybridized carbons (Fsp3) is 0.182. The van der Waals surface area contributed by atoms with Crippen molar-refractivity contribution < 1.29 is 4.52 Å². The molecule has 0 saturated carbocycles. The van der Waals surface area contributed by atoms with Crippen LogP contribution in [0, 0.1) is 6.92 Å². The molecule has 0 amide bonds. The van der Waals surface area contributed by atoms with Crippen molar-refractivity contribution in [3.05, 3.63) is 89.5 Å². The van der Waals surface area contributed by atoms with Gasteiger partial charge < -0.3 is 4.52 Å². The van der Waals surface area contributed by atoms with E-state index >= 15 is 0 Å². The summed E-state index contributed by atoms with van der Waals surface area (Å²) < 4.78 is 5.63. The summed E-state index contributed by atoms with van der Waals surface area (Å²) in [7, 11) is 0.460. The maximum Gasteiger partial charge on any atom is 0.125 e. The third kappa shape index (κ3) is 4.69. The van der Waals surface area contributed by atoms with Gasteiger partial charge >= 0.3 is 0 Å². The summed E-state index contributed by atoms with van der Waals surface area (Å²) in [6.45, 7) is 12.6. The zero-order valence-corrected chi connectivity index (χ0v) is 15.9. The highest BCUT2D eigenvalue weighted by atomic mass is 31.1. The first kappa shape index (κ1) is 18.2. The van der Waals surface area contributed by atoms with Gasteiger partial charge in [0.05, 0.1) is 8.81 Å². The minimum absolute atomic E-state index is 0.460. The van der Waals surface area contributed by atoms with E-state index < -0.39 is 0 Å². The van der Waals surface area contributed by atoms with E-state index in [1.807, 2.05) is 18.8 Å². The van der Waals surface area contributed by atoms with E-state index in [-0.39, 0.29) is 0 Å². The monoisotopic (exact) mass is 336 g/mol. The van der Waals surface area contributed by atoms with Gasteiger partial charge in [-0.1, -0.05) is 55.1 Å². The molecule has 0 bridgehead atoms. The average Bonchev–Trinajstić information content (AvgIpc) is 2.61. The summed E-state index contributed by atoms with van der Waals surface area (Å²) in [4.78, 5) is 0. The SMILES string of the molecule is C=C(/C(C)=C/C=C(\C)c1ccccc1)c1ccc(OPC)c(C)c1. The topological polar surface area (TPSA) is 9.23 Å². The summed E-state index contributed by atoms with van der Waals surface area (Å²) in [5.74, 6) is 0.953. The third-order valence-electron chi connectivity index (χ3n) is 4.02. The Labute approximate surface area is 147 Å².